The van der Waals surface area contributed by atoms with Gasteiger partial charge in [0, 0.05) is 6.54 Å². The van der Waals surface area contributed by atoms with Crippen LogP contribution in [0.5, 0.6) is 5.75 Å². The van der Waals surface area contributed by atoms with E-state index in [1.165, 1.54) is 32.0 Å². The molecule has 0 spiro atoms. The van der Waals surface area contributed by atoms with Gasteiger partial charge in [0.25, 0.3) is 0 Å². The maximum absolute atomic E-state index is 5.38. The Bertz CT molecular complexity index is 384. The van der Waals surface area contributed by atoms with E-state index in [-0.39, 0.29) is 0 Å². The fraction of sp³-hybridized carbons (Fsp3) is 0.714. The zero-order valence-electron chi connectivity index (χ0n) is 12.8. The molecule has 0 unspecified atom stereocenters. The van der Waals surface area contributed by atoms with Crippen molar-refractivity contribution in [3.05, 3.63) is 6.33 Å². The van der Waals surface area contributed by atoms with Gasteiger partial charge < -0.3 is 15.5 Å². The molecule has 0 aliphatic rings. The first-order valence-electron chi connectivity index (χ1n) is 7.28. The Hall–Kier alpha value is -1.56. The summed E-state index contributed by atoms with van der Waals surface area (Å²) in [5.41, 5.74) is 2.50. The molecule has 1 heterocycles. The summed E-state index contributed by atoms with van der Waals surface area (Å²) in [7, 11) is 1.58. The fourth-order valence-electron chi connectivity index (χ4n) is 2.03. The highest BCUT2D eigenvalue weighted by atomic mass is 16.5. The maximum atomic E-state index is 5.38. The number of hydrogen-bond acceptors (Lipinski definition) is 6. The lowest BCUT2D eigenvalue weighted by Gasteiger charge is -2.12. The predicted octanol–water partition coefficient (Wildman–Crippen LogP) is 2.79. The van der Waals surface area contributed by atoms with Crippen LogP contribution in [0, 0.1) is 5.92 Å². The molecule has 0 atom stereocenters. The van der Waals surface area contributed by atoms with Gasteiger partial charge in [-0.15, -0.1) is 0 Å². The van der Waals surface area contributed by atoms with E-state index in [9.17, 15) is 0 Å². The first-order valence-corrected chi connectivity index (χ1v) is 7.28. The monoisotopic (exact) mass is 281 g/mol. The summed E-state index contributed by atoms with van der Waals surface area (Å²) in [5.74, 6) is 7.90. The van der Waals surface area contributed by atoms with Crippen molar-refractivity contribution in [1.29, 1.82) is 0 Å². The Morgan fingerprint density at radius 3 is 2.50 bits per heavy atom. The normalized spacial score (nSPS) is 10.7. The first kappa shape index (κ1) is 16.5. The summed E-state index contributed by atoms with van der Waals surface area (Å²) in [5, 5.41) is 3.27. The van der Waals surface area contributed by atoms with Crippen molar-refractivity contribution in [2.24, 2.45) is 11.8 Å². The van der Waals surface area contributed by atoms with Crippen LogP contribution in [0.1, 0.15) is 46.0 Å². The van der Waals surface area contributed by atoms with E-state index in [0.717, 1.165) is 18.9 Å². The van der Waals surface area contributed by atoms with E-state index in [0.29, 0.717) is 17.4 Å². The minimum absolute atomic E-state index is 0.488. The van der Waals surface area contributed by atoms with Crippen LogP contribution in [-0.2, 0) is 0 Å². The van der Waals surface area contributed by atoms with E-state index in [4.69, 9.17) is 10.6 Å². The third-order valence-electron chi connectivity index (χ3n) is 3.15. The van der Waals surface area contributed by atoms with Crippen molar-refractivity contribution in [3.8, 4) is 5.75 Å². The molecule has 20 heavy (non-hydrogen) atoms. The number of nitrogens with two attached hydrogens (primary N) is 1. The van der Waals surface area contributed by atoms with Crippen LogP contribution in [0.3, 0.4) is 0 Å². The molecule has 114 valence electrons. The molecular formula is C14H27N5O. The highest BCUT2D eigenvalue weighted by Gasteiger charge is 2.10. The van der Waals surface area contributed by atoms with Crippen molar-refractivity contribution in [2.45, 2.75) is 46.0 Å². The van der Waals surface area contributed by atoms with Gasteiger partial charge >= 0.3 is 0 Å². The van der Waals surface area contributed by atoms with Crippen molar-refractivity contribution in [2.75, 3.05) is 24.4 Å². The van der Waals surface area contributed by atoms with E-state index in [1.54, 1.807) is 7.11 Å². The molecule has 0 bridgehead atoms. The number of nitrogens with one attached hydrogen (secondary N) is 2. The number of ether oxygens (including phenoxy) is 1. The molecule has 0 amide bonds. The summed E-state index contributed by atoms with van der Waals surface area (Å²) >= 11 is 0. The highest BCUT2D eigenvalue weighted by molar-refractivity contribution is 5.62. The number of rotatable bonds is 10. The van der Waals surface area contributed by atoms with Crippen LogP contribution in [0.2, 0.25) is 0 Å². The van der Waals surface area contributed by atoms with Crippen molar-refractivity contribution in [1.82, 2.24) is 9.97 Å². The van der Waals surface area contributed by atoms with E-state index >= 15 is 0 Å². The summed E-state index contributed by atoms with van der Waals surface area (Å²) in [6.07, 6.45) is 7.74. The predicted molar refractivity (Wildman–Crippen MR) is 82.8 cm³/mol. The van der Waals surface area contributed by atoms with Gasteiger partial charge in [-0.2, -0.15) is 0 Å². The second-order valence-electron chi connectivity index (χ2n) is 5.27. The first-order chi connectivity index (χ1) is 9.69. The van der Waals surface area contributed by atoms with Gasteiger partial charge in [0.1, 0.15) is 6.33 Å². The average Bonchev–Trinajstić information content (AvgIpc) is 2.45. The Labute approximate surface area is 121 Å². The minimum Gasteiger partial charge on any atom is -0.490 e. The second kappa shape index (κ2) is 9.36. The van der Waals surface area contributed by atoms with E-state index in [1.807, 2.05) is 0 Å². The van der Waals surface area contributed by atoms with Gasteiger partial charge in [0.05, 0.1) is 7.11 Å². The molecule has 1 rings (SSSR count). The van der Waals surface area contributed by atoms with Crippen molar-refractivity contribution < 1.29 is 4.74 Å². The number of unbranched alkanes of at least 4 members (excludes halogenated alkanes) is 3. The van der Waals surface area contributed by atoms with Gasteiger partial charge in [0.2, 0.25) is 5.75 Å². The molecule has 4 N–H and O–H groups in total. The molecule has 0 radical (unpaired) electrons. The fourth-order valence-corrected chi connectivity index (χ4v) is 2.03. The van der Waals surface area contributed by atoms with Crippen LogP contribution < -0.4 is 21.3 Å². The van der Waals surface area contributed by atoms with Crippen molar-refractivity contribution in [3.63, 3.8) is 0 Å². The molecule has 1 aromatic rings. The zero-order chi connectivity index (χ0) is 14.8. The molecule has 0 aliphatic carbocycles. The lowest BCUT2D eigenvalue weighted by atomic mass is 10.0. The number of hydrogen-bond donors (Lipinski definition) is 3. The number of aromatic nitrogens is 2. The lowest BCUT2D eigenvalue weighted by Crippen LogP contribution is -2.13. The van der Waals surface area contributed by atoms with Crippen LogP contribution in [0.4, 0.5) is 11.6 Å². The summed E-state index contributed by atoms with van der Waals surface area (Å²) in [6, 6.07) is 0. The molecule has 0 aromatic carbocycles. The average molecular weight is 281 g/mol. The summed E-state index contributed by atoms with van der Waals surface area (Å²) < 4.78 is 5.26. The van der Waals surface area contributed by atoms with Gasteiger partial charge in [-0.25, -0.2) is 15.8 Å². The molecule has 0 saturated heterocycles. The molecule has 0 aliphatic heterocycles. The Balaban J connectivity index is 2.28. The van der Waals surface area contributed by atoms with Crippen LogP contribution in [0.25, 0.3) is 0 Å². The molecule has 6 heteroatoms. The number of nitrogen functional groups attached to an aromatic ring is 1. The SMILES string of the molecule is COc1c(NN)ncnc1NCCCCCCC(C)C. The standard InChI is InChI=1S/C14H27N5O/c1-11(2)8-6-4-5-7-9-16-13-12(20-3)14(19-15)18-10-17-13/h10-11H,4-9,15H2,1-3H3,(H2,16,17,18,19). The van der Waals surface area contributed by atoms with Crippen molar-refractivity contribution >= 4 is 11.6 Å². The van der Waals surface area contributed by atoms with Crippen LogP contribution in [-0.4, -0.2) is 23.6 Å². The van der Waals surface area contributed by atoms with Crippen LogP contribution in [0.15, 0.2) is 6.33 Å². The molecular weight excluding hydrogens is 254 g/mol. The lowest BCUT2D eigenvalue weighted by molar-refractivity contribution is 0.414. The number of anilines is 2. The molecule has 6 nitrogen and oxygen atoms in total. The third-order valence-corrected chi connectivity index (χ3v) is 3.15. The van der Waals surface area contributed by atoms with Gasteiger partial charge in [0.15, 0.2) is 11.6 Å². The molecule has 1 aromatic heterocycles. The Kier molecular flexibility index (Phi) is 7.72. The Morgan fingerprint density at radius 2 is 1.85 bits per heavy atom. The van der Waals surface area contributed by atoms with Crippen LogP contribution >= 0.6 is 0 Å². The van der Waals surface area contributed by atoms with E-state index < -0.39 is 0 Å². The molecule has 0 saturated carbocycles. The second-order valence-corrected chi connectivity index (χ2v) is 5.27. The number of hydrazine groups is 1. The smallest absolute Gasteiger partial charge is 0.205 e. The molecule has 0 fully saturated rings. The minimum atomic E-state index is 0.488. The third kappa shape index (κ3) is 5.61. The highest BCUT2D eigenvalue weighted by Crippen LogP contribution is 2.27. The number of nitrogens with zero attached hydrogens (tertiary/aromatic N) is 2. The summed E-state index contributed by atoms with van der Waals surface area (Å²) in [6.45, 7) is 5.41. The largest absolute Gasteiger partial charge is 0.490 e. The quantitative estimate of drug-likeness (QED) is 0.347. The zero-order valence-corrected chi connectivity index (χ0v) is 12.8. The number of methoxy groups -OCH3 is 1. The van der Waals surface area contributed by atoms with Gasteiger partial charge in [-0.05, 0) is 12.3 Å². The summed E-state index contributed by atoms with van der Waals surface area (Å²) in [4.78, 5) is 8.17. The van der Waals surface area contributed by atoms with Gasteiger partial charge in [-0.3, -0.25) is 0 Å². The Morgan fingerprint density at radius 1 is 1.15 bits per heavy atom. The van der Waals surface area contributed by atoms with E-state index in [2.05, 4.69) is 34.6 Å². The van der Waals surface area contributed by atoms with Gasteiger partial charge in [-0.1, -0.05) is 39.5 Å². The maximum Gasteiger partial charge on any atom is 0.205 e. The topological polar surface area (TPSA) is 85.1 Å².